The summed E-state index contributed by atoms with van der Waals surface area (Å²) < 4.78 is 0. The van der Waals surface area contributed by atoms with Gasteiger partial charge in [0.25, 0.3) is 0 Å². The van der Waals surface area contributed by atoms with Crippen LogP contribution in [0.15, 0.2) is 24.3 Å². The van der Waals surface area contributed by atoms with Gasteiger partial charge in [0.05, 0.1) is 0 Å². The molecule has 2 heteroatoms. The molecule has 0 saturated heterocycles. The van der Waals surface area contributed by atoms with E-state index < -0.39 is 0 Å². The molecule has 1 heterocycles. The lowest BCUT2D eigenvalue weighted by atomic mass is 9.89. The normalized spacial score (nSPS) is 18.0. The number of fused-ring (bicyclic) bond motifs is 1. The second-order valence-corrected chi connectivity index (χ2v) is 4.93. The van der Waals surface area contributed by atoms with E-state index in [2.05, 4.69) is 36.1 Å². The molecule has 0 spiro atoms. The Balaban J connectivity index is 2.17. The first kappa shape index (κ1) is 11.2. The summed E-state index contributed by atoms with van der Waals surface area (Å²) in [5.41, 5.74) is 2.51. The standard InChI is InChI=1S/C14H19NO/c1-3-14(2,11-16)10-15-9-8-12-6-4-5-7-13(12)15/h4-7,11H,3,8-10H2,1-2H3. The first-order valence-corrected chi connectivity index (χ1v) is 5.98. The van der Waals surface area contributed by atoms with Gasteiger partial charge in [-0.2, -0.15) is 0 Å². The summed E-state index contributed by atoms with van der Waals surface area (Å²) in [5, 5.41) is 0. The fourth-order valence-electron chi connectivity index (χ4n) is 2.24. The first-order valence-electron chi connectivity index (χ1n) is 5.98. The van der Waals surface area contributed by atoms with Gasteiger partial charge in [-0.05, 0) is 24.5 Å². The summed E-state index contributed by atoms with van der Waals surface area (Å²) in [4.78, 5) is 13.5. The molecule has 0 fully saturated rings. The van der Waals surface area contributed by atoms with Crippen LogP contribution in [0, 0.1) is 5.41 Å². The molecule has 1 aliphatic rings. The molecule has 16 heavy (non-hydrogen) atoms. The Bertz CT molecular complexity index is 388. The maximum Gasteiger partial charge on any atom is 0.127 e. The summed E-state index contributed by atoms with van der Waals surface area (Å²) in [6.45, 7) is 6.00. The van der Waals surface area contributed by atoms with E-state index in [9.17, 15) is 4.79 Å². The van der Waals surface area contributed by atoms with Crippen LogP contribution in [-0.4, -0.2) is 19.4 Å². The van der Waals surface area contributed by atoms with E-state index in [4.69, 9.17) is 0 Å². The molecule has 0 aromatic heterocycles. The van der Waals surface area contributed by atoms with Gasteiger partial charge in [-0.1, -0.05) is 32.0 Å². The smallest absolute Gasteiger partial charge is 0.127 e. The van der Waals surface area contributed by atoms with Crippen LogP contribution in [0.3, 0.4) is 0 Å². The fraction of sp³-hybridized carbons (Fsp3) is 0.500. The van der Waals surface area contributed by atoms with Gasteiger partial charge in [0.1, 0.15) is 6.29 Å². The van der Waals surface area contributed by atoms with Crippen LogP contribution < -0.4 is 4.90 Å². The Hall–Kier alpha value is -1.31. The topological polar surface area (TPSA) is 20.3 Å². The van der Waals surface area contributed by atoms with Crippen molar-refractivity contribution in [2.45, 2.75) is 26.7 Å². The van der Waals surface area contributed by atoms with Gasteiger partial charge in [0, 0.05) is 24.2 Å². The number of anilines is 1. The summed E-state index contributed by atoms with van der Waals surface area (Å²) >= 11 is 0. The van der Waals surface area contributed by atoms with Crippen molar-refractivity contribution in [2.24, 2.45) is 5.41 Å². The number of aldehydes is 1. The van der Waals surface area contributed by atoms with Crippen LogP contribution >= 0.6 is 0 Å². The maximum absolute atomic E-state index is 11.1. The zero-order valence-electron chi connectivity index (χ0n) is 10.1. The van der Waals surface area contributed by atoms with E-state index in [1.54, 1.807) is 0 Å². The highest BCUT2D eigenvalue weighted by molar-refractivity contribution is 5.63. The molecular formula is C14H19NO. The highest BCUT2D eigenvalue weighted by Crippen LogP contribution is 2.31. The van der Waals surface area contributed by atoms with Gasteiger partial charge in [-0.15, -0.1) is 0 Å². The number of rotatable bonds is 4. The summed E-state index contributed by atoms with van der Waals surface area (Å²) in [6.07, 6.45) is 3.11. The molecule has 0 aliphatic carbocycles. The zero-order chi connectivity index (χ0) is 11.6. The van der Waals surface area contributed by atoms with E-state index in [0.29, 0.717) is 0 Å². The molecule has 0 amide bonds. The lowest BCUT2D eigenvalue weighted by molar-refractivity contribution is -0.115. The largest absolute Gasteiger partial charge is 0.370 e. The lowest BCUT2D eigenvalue weighted by Gasteiger charge is -2.29. The second-order valence-electron chi connectivity index (χ2n) is 4.93. The van der Waals surface area contributed by atoms with Crippen molar-refractivity contribution in [3.05, 3.63) is 29.8 Å². The van der Waals surface area contributed by atoms with Gasteiger partial charge in [-0.3, -0.25) is 0 Å². The van der Waals surface area contributed by atoms with Crippen molar-refractivity contribution in [1.29, 1.82) is 0 Å². The average molecular weight is 217 g/mol. The number of hydrogen-bond acceptors (Lipinski definition) is 2. The predicted octanol–water partition coefficient (Wildman–Crippen LogP) is 2.66. The molecule has 1 unspecified atom stereocenters. The summed E-state index contributed by atoms with van der Waals surface area (Å²) in [7, 11) is 0. The van der Waals surface area contributed by atoms with Crippen molar-refractivity contribution >= 4 is 12.0 Å². The van der Waals surface area contributed by atoms with E-state index in [1.165, 1.54) is 11.3 Å². The van der Waals surface area contributed by atoms with E-state index in [-0.39, 0.29) is 5.41 Å². The number of benzene rings is 1. The molecule has 2 nitrogen and oxygen atoms in total. The Morgan fingerprint density at radius 3 is 2.88 bits per heavy atom. The molecule has 1 atom stereocenters. The van der Waals surface area contributed by atoms with Crippen molar-refractivity contribution in [2.75, 3.05) is 18.0 Å². The molecule has 2 rings (SSSR count). The third kappa shape index (κ3) is 1.97. The highest BCUT2D eigenvalue weighted by Gasteiger charge is 2.28. The summed E-state index contributed by atoms with van der Waals surface area (Å²) in [5.74, 6) is 0. The lowest BCUT2D eigenvalue weighted by Crippen LogP contribution is -2.35. The molecular weight excluding hydrogens is 198 g/mol. The summed E-state index contributed by atoms with van der Waals surface area (Å²) in [6, 6.07) is 8.49. The zero-order valence-corrected chi connectivity index (χ0v) is 10.1. The Morgan fingerprint density at radius 2 is 2.19 bits per heavy atom. The van der Waals surface area contributed by atoms with Crippen LogP contribution in [0.5, 0.6) is 0 Å². The number of nitrogens with zero attached hydrogens (tertiary/aromatic N) is 1. The minimum absolute atomic E-state index is 0.211. The Kier molecular flexibility index (Phi) is 2.99. The minimum Gasteiger partial charge on any atom is -0.370 e. The van der Waals surface area contributed by atoms with Gasteiger partial charge >= 0.3 is 0 Å². The molecule has 86 valence electrons. The SMILES string of the molecule is CCC(C)(C=O)CN1CCc2ccccc21. The number of carbonyl (C=O) groups is 1. The third-order valence-corrected chi connectivity index (χ3v) is 3.63. The van der Waals surface area contributed by atoms with Crippen LogP contribution in [0.4, 0.5) is 5.69 Å². The molecule has 1 aromatic carbocycles. The molecule has 0 saturated carbocycles. The molecule has 1 aliphatic heterocycles. The van der Waals surface area contributed by atoms with Crippen molar-refractivity contribution in [1.82, 2.24) is 0 Å². The number of carbonyl (C=O) groups excluding carboxylic acids is 1. The van der Waals surface area contributed by atoms with E-state index in [1.807, 2.05) is 6.92 Å². The second kappa shape index (κ2) is 4.28. The van der Waals surface area contributed by atoms with Gasteiger partial charge < -0.3 is 9.69 Å². The number of para-hydroxylation sites is 1. The molecule has 0 N–H and O–H groups in total. The van der Waals surface area contributed by atoms with Crippen LogP contribution in [-0.2, 0) is 11.2 Å². The van der Waals surface area contributed by atoms with Gasteiger partial charge in [0.15, 0.2) is 0 Å². The number of hydrogen-bond donors (Lipinski definition) is 0. The molecule has 0 bridgehead atoms. The maximum atomic E-state index is 11.1. The van der Waals surface area contributed by atoms with Gasteiger partial charge in [0.2, 0.25) is 0 Å². The predicted molar refractivity (Wildman–Crippen MR) is 66.8 cm³/mol. The minimum atomic E-state index is -0.211. The monoisotopic (exact) mass is 217 g/mol. The van der Waals surface area contributed by atoms with Crippen molar-refractivity contribution in [3.8, 4) is 0 Å². The van der Waals surface area contributed by atoms with Crippen molar-refractivity contribution in [3.63, 3.8) is 0 Å². The van der Waals surface area contributed by atoms with E-state index >= 15 is 0 Å². The molecule has 0 radical (unpaired) electrons. The first-order chi connectivity index (χ1) is 7.68. The Labute approximate surface area is 97.3 Å². The molecule has 1 aromatic rings. The average Bonchev–Trinajstić information content (AvgIpc) is 2.73. The third-order valence-electron chi connectivity index (χ3n) is 3.63. The van der Waals surface area contributed by atoms with Crippen LogP contribution in [0.2, 0.25) is 0 Å². The fourth-order valence-corrected chi connectivity index (χ4v) is 2.24. The van der Waals surface area contributed by atoms with E-state index in [0.717, 1.165) is 32.2 Å². The Morgan fingerprint density at radius 1 is 1.44 bits per heavy atom. The van der Waals surface area contributed by atoms with Crippen LogP contribution in [0.1, 0.15) is 25.8 Å². The van der Waals surface area contributed by atoms with Crippen molar-refractivity contribution < 1.29 is 4.79 Å². The van der Waals surface area contributed by atoms with Crippen LogP contribution in [0.25, 0.3) is 0 Å². The quantitative estimate of drug-likeness (QED) is 0.723. The van der Waals surface area contributed by atoms with Gasteiger partial charge in [-0.25, -0.2) is 0 Å². The highest BCUT2D eigenvalue weighted by atomic mass is 16.1.